The van der Waals surface area contributed by atoms with Crippen LogP contribution in [0.15, 0.2) is 54.7 Å². The third-order valence-corrected chi connectivity index (χ3v) is 5.61. The van der Waals surface area contributed by atoms with Crippen molar-refractivity contribution in [2.45, 2.75) is 52.6 Å². The van der Waals surface area contributed by atoms with E-state index in [1.54, 1.807) is 0 Å². The number of aromatic nitrogens is 2. The van der Waals surface area contributed by atoms with Crippen molar-refractivity contribution < 1.29 is 0 Å². The van der Waals surface area contributed by atoms with Crippen molar-refractivity contribution in [2.75, 3.05) is 0 Å². The standard InChI is InChI=1S/C25H27N3/c1-3-5-15-27-18-22(20-12-7-9-13-23(20)27)25-21(17-26)19-11-8-10-14-24(19)28(25)16-6-4-2/h7-14,18H,3-6,15-16H2,1-2H3. The molecule has 0 radical (unpaired) electrons. The lowest BCUT2D eigenvalue weighted by molar-refractivity contribution is 0.647. The van der Waals surface area contributed by atoms with E-state index < -0.39 is 0 Å². The fourth-order valence-electron chi connectivity index (χ4n) is 4.19. The van der Waals surface area contributed by atoms with Gasteiger partial charge in [0.25, 0.3) is 0 Å². The van der Waals surface area contributed by atoms with Crippen molar-refractivity contribution in [3.63, 3.8) is 0 Å². The van der Waals surface area contributed by atoms with Gasteiger partial charge >= 0.3 is 0 Å². The zero-order valence-electron chi connectivity index (χ0n) is 16.8. The Labute approximate surface area is 166 Å². The smallest absolute Gasteiger partial charge is 0.102 e. The van der Waals surface area contributed by atoms with Gasteiger partial charge in [0.1, 0.15) is 6.07 Å². The molecule has 2 heterocycles. The van der Waals surface area contributed by atoms with Gasteiger partial charge in [0.15, 0.2) is 0 Å². The van der Waals surface area contributed by atoms with Crippen LogP contribution in [0.3, 0.4) is 0 Å². The van der Waals surface area contributed by atoms with Crippen LogP contribution >= 0.6 is 0 Å². The summed E-state index contributed by atoms with van der Waals surface area (Å²) in [7, 11) is 0. The second-order valence-electron chi connectivity index (χ2n) is 7.46. The predicted molar refractivity (Wildman–Crippen MR) is 117 cm³/mol. The molecular formula is C25H27N3. The molecule has 0 amide bonds. The average molecular weight is 370 g/mol. The number of rotatable bonds is 7. The van der Waals surface area contributed by atoms with Crippen LogP contribution in [0.25, 0.3) is 33.1 Å². The number of unbranched alkanes of at least 4 members (excludes halogenated alkanes) is 2. The van der Waals surface area contributed by atoms with Gasteiger partial charge in [-0.1, -0.05) is 63.1 Å². The first-order chi connectivity index (χ1) is 13.8. The summed E-state index contributed by atoms with van der Waals surface area (Å²) in [6, 6.07) is 19.4. The van der Waals surface area contributed by atoms with Gasteiger partial charge in [0, 0.05) is 46.7 Å². The van der Waals surface area contributed by atoms with Crippen LogP contribution in [0.1, 0.15) is 45.1 Å². The van der Waals surface area contributed by atoms with Crippen LogP contribution in [0.2, 0.25) is 0 Å². The molecule has 0 N–H and O–H groups in total. The number of hydrogen-bond acceptors (Lipinski definition) is 1. The van der Waals surface area contributed by atoms with Crippen LogP contribution in [0.4, 0.5) is 0 Å². The largest absolute Gasteiger partial charge is 0.347 e. The lowest BCUT2D eigenvalue weighted by Gasteiger charge is -2.10. The Morgan fingerprint density at radius 1 is 0.821 bits per heavy atom. The Morgan fingerprint density at radius 2 is 1.46 bits per heavy atom. The quantitative estimate of drug-likeness (QED) is 0.355. The summed E-state index contributed by atoms with van der Waals surface area (Å²) in [5.74, 6) is 0. The number of hydrogen-bond donors (Lipinski definition) is 0. The molecule has 0 fully saturated rings. The number of nitrogens with zero attached hydrogens (tertiary/aromatic N) is 3. The van der Waals surface area contributed by atoms with Crippen LogP contribution in [0, 0.1) is 11.3 Å². The summed E-state index contributed by atoms with van der Waals surface area (Å²) in [6.07, 6.45) is 6.82. The zero-order chi connectivity index (χ0) is 19.5. The molecule has 0 aliphatic rings. The molecule has 0 aliphatic heterocycles. The van der Waals surface area contributed by atoms with Crippen LogP contribution < -0.4 is 0 Å². The molecule has 0 unspecified atom stereocenters. The monoisotopic (exact) mass is 369 g/mol. The maximum Gasteiger partial charge on any atom is 0.102 e. The van der Waals surface area contributed by atoms with Crippen molar-refractivity contribution in [2.24, 2.45) is 0 Å². The van der Waals surface area contributed by atoms with Gasteiger partial charge in [-0.2, -0.15) is 5.26 Å². The van der Waals surface area contributed by atoms with Gasteiger partial charge in [-0.05, 0) is 25.0 Å². The molecule has 0 spiro atoms. The van der Waals surface area contributed by atoms with E-state index in [0.29, 0.717) is 0 Å². The number of benzene rings is 2. The highest BCUT2D eigenvalue weighted by atomic mass is 15.0. The van der Waals surface area contributed by atoms with Gasteiger partial charge in [0.05, 0.1) is 11.3 Å². The molecule has 2 aromatic carbocycles. The zero-order valence-corrected chi connectivity index (χ0v) is 16.8. The summed E-state index contributed by atoms with van der Waals surface area (Å²) in [5, 5.41) is 12.4. The Balaban J connectivity index is 2.03. The molecule has 3 heteroatoms. The van der Waals surface area contributed by atoms with E-state index in [1.807, 2.05) is 6.07 Å². The predicted octanol–water partition coefficient (Wildman–Crippen LogP) is 6.73. The van der Waals surface area contributed by atoms with Gasteiger partial charge in [-0.25, -0.2) is 0 Å². The van der Waals surface area contributed by atoms with E-state index in [9.17, 15) is 5.26 Å². The highest BCUT2D eigenvalue weighted by Crippen LogP contribution is 2.38. The van der Waals surface area contributed by atoms with Crippen LogP contribution in [0.5, 0.6) is 0 Å². The molecular weight excluding hydrogens is 342 g/mol. The first kappa shape index (κ1) is 18.4. The molecule has 0 saturated carbocycles. The number of para-hydroxylation sites is 2. The molecule has 4 aromatic rings. The van der Waals surface area contributed by atoms with Crippen LogP contribution in [-0.2, 0) is 13.1 Å². The average Bonchev–Trinajstić information content (AvgIpc) is 3.25. The fourth-order valence-corrected chi connectivity index (χ4v) is 4.19. The van der Waals surface area contributed by atoms with Crippen molar-refractivity contribution in [3.8, 4) is 17.3 Å². The number of fused-ring (bicyclic) bond motifs is 2. The summed E-state index contributed by atoms with van der Waals surface area (Å²) in [4.78, 5) is 0. The Hall–Kier alpha value is -2.99. The van der Waals surface area contributed by atoms with Crippen molar-refractivity contribution in [1.82, 2.24) is 9.13 Å². The molecule has 4 rings (SSSR count). The Kier molecular flexibility index (Phi) is 5.21. The SMILES string of the molecule is CCCCn1cc(-c2c(C#N)c3ccccc3n2CCCC)c2ccccc21. The summed E-state index contributed by atoms with van der Waals surface area (Å²) >= 11 is 0. The molecule has 0 saturated heterocycles. The third kappa shape index (κ3) is 2.99. The summed E-state index contributed by atoms with van der Waals surface area (Å²) in [5.41, 5.74) is 5.46. The lowest BCUT2D eigenvalue weighted by Crippen LogP contribution is -2.00. The summed E-state index contributed by atoms with van der Waals surface area (Å²) in [6.45, 7) is 6.38. The first-order valence-corrected chi connectivity index (χ1v) is 10.4. The maximum absolute atomic E-state index is 10.1. The maximum atomic E-state index is 10.1. The topological polar surface area (TPSA) is 33.6 Å². The molecule has 142 valence electrons. The minimum absolute atomic E-state index is 0.796. The van der Waals surface area contributed by atoms with E-state index in [1.165, 1.54) is 22.9 Å². The van der Waals surface area contributed by atoms with E-state index in [4.69, 9.17) is 0 Å². The number of nitriles is 1. The third-order valence-electron chi connectivity index (χ3n) is 5.61. The van der Waals surface area contributed by atoms with Crippen molar-refractivity contribution >= 4 is 21.8 Å². The minimum atomic E-state index is 0.796. The lowest BCUT2D eigenvalue weighted by atomic mass is 10.1. The molecule has 0 bridgehead atoms. The Bertz CT molecular complexity index is 1150. The van der Waals surface area contributed by atoms with Crippen molar-refractivity contribution in [3.05, 3.63) is 60.3 Å². The normalized spacial score (nSPS) is 11.3. The Morgan fingerprint density at radius 3 is 2.18 bits per heavy atom. The van der Waals surface area contributed by atoms with Crippen LogP contribution in [-0.4, -0.2) is 9.13 Å². The second kappa shape index (κ2) is 7.94. The highest BCUT2D eigenvalue weighted by Gasteiger charge is 2.21. The van der Waals surface area contributed by atoms with Crippen molar-refractivity contribution in [1.29, 1.82) is 5.26 Å². The number of aryl methyl sites for hydroxylation is 2. The van der Waals surface area contributed by atoms with E-state index in [0.717, 1.165) is 54.5 Å². The van der Waals surface area contributed by atoms with Gasteiger partial charge in [-0.15, -0.1) is 0 Å². The van der Waals surface area contributed by atoms with Gasteiger partial charge in [0.2, 0.25) is 0 Å². The van der Waals surface area contributed by atoms with Gasteiger partial charge < -0.3 is 9.13 Å². The van der Waals surface area contributed by atoms with Gasteiger partial charge in [-0.3, -0.25) is 0 Å². The molecule has 3 nitrogen and oxygen atoms in total. The van der Waals surface area contributed by atoms with E-state index in [-0.39, 0.29) is 0 Å². The highest BCUT2D eigenvalue weighted by molar-refractivity contribution is 6.02. The summed E-state index contributed by atoms with van der Waals surface area (Å²) < 4.78 is 4.72. The molecule has 2 aromatic heterocycles. The van der Waals surface area contributed by atoms with E-state index >= 15 is 0 Å². The fraction of sp³-hybridized carbons (Fsp3) is 0.320. The minimum Gasteiger partial charge on any atom is -0.347 e. The first-order valence-electron chi connectivity index (χ1n) is 10.4. The molecule has 0 aliphatic carbocycles. The van der Waals surface area contributed by atoms with E-state index in [2.05, 4.69) is 77.7 Å². The second-order valence-corrected chi connectivity index (χ2v) is 7.46. The molecule has 0 atom stereocenters. The molecule has 28 heavy (non-hydrogen) atoms.